The SMILES string of the molecule is COc1ccc(C(=O)NC(=S)NNC(=O)c2cccc([N+](=O)[O-])c2)cc1. The fourth-order valence-electron chi connectivity index (χ4n) is 1.90. The highest BCUT2D eigenvalue weighted by molar-refractivity contribution is 7.80. The van der Waals surface area contributed by atoms with Crippen LogP contribution in [0.1, 0.15) is 20.7 Å². The molecule has 0 aromatic heterocycles. The van der Waals surface area contributed by atoms with Crippen molar-refractivity contribution in [3.63, 3.8) is 0 Å². The molecule has 2 amide bonds. The summed E-state index contributed by atoms with van der Waals surface area (Å²) in [4.78, 5) is 34.1. The predicted octanol–water partition coefficient (Wildman–Crippen LogP) is 1.55. The van der Waals surface area contributed by atoms with Crippen LogP contribution in [0.3, 0.4) is 0 Å². The monoisotopic (exact) mass is 374 g/mol. The Morgan fingerprint density at radius 3 is 2.35 bits per heavy atom. The third kappa shape index (κ3) is 4.98. The Kier molecular flexibility index (Phi) is 6.17. The van der Waals surface area contributed by atoms with E-state index in [1.807, 2.05) is 0 Å². The van der Waals surface area contributed by atoms with Gasteiger partial charge in [0.2, 0.25) is 0 Å². The number of hydrogen-bond acceptors (Lipinski definition) is 6. The highest BCUT2D eigenvalue weighted by atomic mass is 32.1. The van der Waals surface area contributed by atoms with E-state index < -0.39 is 16.7 Å². The number of nitro groups is 1. The number of benzene rings is 2. The minimum Gasteiger partial charge on any atom is -0.497 e. The van der Waals surface area contributed by atoms with Crippen LogP contribution in [0, 0.1) is 10.1 Å². The first-order chi connectivity index (χ1) is 12.4. The molecule has 0 fully saturated rings. The summed E-state index contributed by atoms with van der Waals surface area (Å²) in [5.74, 6) is -0.518. The molecule has 3 N–H and O–H groups in total. The molecule has 0 aliphatic heterocycles. The molecule has 0 aliphatic carbocycles. The van der Waals surface area contributed by atoms with Gasteiger partial charge in [-0.25, -0.2) is 0 Å². The second kappa shape index (κ2) is 8.53. The topological polar surface area (TPSA) is 123 Å². The van der Waals surface area contributed by atoms with Gasteiger partial charge >= 0.3 is 0 Å². The molecule has 2 rings (SSSR count). The van der Waals surface area contributed by atoms with Crippen LogP contribution < -0.4 is 20.9 Å². The van der Waals surface area contributed by atoms with E-state index in [1.54, 1.807) is 24.3 Å². The molecule has 0 heterocycles. The van der Waals surface area contributed by atoms with Crippen LogP contribution in [-0.2, 0) is 0 Å². The van der Waals surface area contributed by atoms with Crippen molar-refractivity contribution in [2.75, 3.05) is 7.11 Å². The summed E-state index contributed by atoms with van der Waals surface area (Å²) in [6, 6.07) is 11.5. The summed E-state index contributed by atoms with van der Waals surface area (Å²) in [6.07, 6.45) is 0. The lowest BCUT2D eigenvalue weighted by Gasteiger charge is -2.11. The summed E-state index contributed by atoms with van der Waals surface area (Å²) >= 11 is 4.92. The molecule has 2 aromatic carbocycles. The van der Waals surface area contributed by atoms with Crippen LogP contribution in [0.15, 0.2) is 48.5 Å². The molecule has 9 nitrogen and oxygen atoms in total. The maximum absolute atomic E-state index is 12.0. The van der Waals surface area contributed by atoms with Crippen molar-refractivity contribution >= 4 is 34.8 Å². The Labute approximate surface area is 153 Å². The summed E-state index contributed by atoms with van der Waals surface area (Å²) in [5.41, 5.74) is 4.81. The molecule has 0 spiro atoms. The van der Waals surface area contributed by atoms with Gasteiger partial charge in [-0.3, -0.25) is 35.9 Å². The van der Waals surface area contributed by atoms with Crippen LogP contribution in [0.2, 0.25) is 0 Å². The predicted molar refractivity (Wildman–Crippen MR) is 96.8 cm³/mol. The normalized spacial score (nSPS) is 9.73. The van der Waals surface area contributed by atoms with Gasteiger partial charge in [-0.15, -0.1) is 0 Å². The van der Waals surface area contributed by atoms with E-state index in [1.165, 1.54) is 25.3 Å². The number of rotatable bonds is 4. The summed E-state index contributed by atoms with van der Waals surface area (Å²) in [5, 5.41) is 13.0. The van der Waals surface area contributed by atoms with Gasteiger partial charge < -0.3 is 4.74 Å². The van der Waals surface area contributed by atoms with Crippen molar-refractivity contribution in [3.8, 4) is 5.75 Å². The number of nitrogens with one attached hydrogen (secondary N) is 3. The van der Waals surface area contributed by atoms with E-state index in [2.05, 4.69) is 16.2 Å². The van der Waals surface area contributed by atoms with Gasteiger partial charge in [0.25, 0.3) is 17.5 Å². The zero-order valence-corrected chi connectivity index (χ0v) is 14.3. The standard InChI is InChI=1S/C16H14N4O5S/c1-25-13-7-5-10(6-8-13)14(21)17-16(26)19-18-15(22)11-3-2-4-12(9-11)20(23)24/h2-9H,1H3,(H,18,22)(H2,17,19,21,26). The fourth-order valence-corrected chi connectivity index (χ4v) is 2.04. The number of nitro benzene ring substituents is 1. The molecule has 0 saturated carbocycles. The van der Waals surface area contributed by atoms with Gasteiger partial charge in [-0.05, 0) is 42.5 Å². The van der Waals surface area contributed by atoms with E-state index >= 15 is 0 Å². The molecule has 0 aliphatic rings. The molecular weight excluding hydrogens is 360 g/mol. The molecule has 0 bridgehead atoms. The molecule has 0 unspecified atom stereocenters. The zero-order chi connectivity index (χ0) is 19.1. The van der Waals surface area contributed by atoms with Crippen molar-refractivity contribution in [2.45, 2.75) is 0 Å². The maximum atomic E-state index is 12.0. The lowest BCUT2D eigenvalue weighted by Crippen LogP contribution is -2.48. The molecule has 134 valence electrons. The summed E-state index contributed by atoms with van der Waals surface area (Å²) < 4.78 is 5.00. The van der Waals surface area contributed by atoms with Gasteiger partial charge in [0.05, 0.1) is 12.0 Å². The van der Waals surface area contributed by atoms with Crippen molar-refractivity contribution in [2.24, 2.45) is 0 Å². The van der Waals surface area contributed by atoms with Crippen molar-refractivity contribution < 1.29 is 19.2 Å². The summed E-state index contributed by atoms with van der Waals surface area (Å²) in [7, 11) is 1.51. The van der Waals surface area contributed by atoms with E-state index in [-0.39, 0.29) is 16.4 Å². The first-order valence-electron chi connectivity index (χ1n) is 7.21. The van der Waals surface area contributed by atoms with E-state index in [0.717, 1.165) is 6.07 Å². The van der Waals surface area contributed by atoms with E-state index in [0.29, 0.717) is 11.3 Å². The van der Waals surface area contributed by atoms with Crippen LogP contribution >= 0.6 is 12.2 Å². The molecule has 0 radical (unpaired) electrons. The number of carbonyl (C=O) groups excluding carboxylic acids is 2. The number of hydrazine groups is 1. The smallest absolute Gasteiger partial charge is 0.270 e. The number of carbonyl (C=O) groups is 2. The fraction of sp³-hybridized carbons (Fsp3) is 0.0625. The second-order valence-corrected chi connectivity index (χ2v) is 5.31. The molecule has 10 heteroatoms. The largest absolute Gasteiger partial charge is 0.497 e. The third-order valence-electron chi connectivity index (χ3n) is 3.19. The Morgan fingerprint density at radius 1 is 1.04 bits per heavy atom. The highest BCUT2D eigenvalue weighted by Crippen LogP contribution is 2.13. The number of thiocarbonyl (C=S) groups is 1. The highest BCUT2D eigenvalue weighted by Gasteiger charge is 2.12. The quantitative estimate of drug-likeness (QED) is 0.421. The van der Waals surface area contributed by atoms with Crippen molar-refractivity contribution in [1.29, 1.82) is 0 Å². The van der Waals surface area contributed by atoms with Gasteiger partial charge in [0.15, 0.2) is 5.11 Å². The average molecular weight is 374 g/mol. The number of nitrogens with zero attached hydrogens (tertiary/aromatic N) is 1. The van der Waals surface area contributed by atoms with E-state index in [9.17, 15) is 19.7 Å². The van der Waals surface area contributed by atoms with Crippen LogP contribution in [0.4, 0.5) is 5.69 Å². The lowest BCUT2D eigenvalue weighted by molar-refractivity contribution is -0.384. The van der Waals surface area contributed by atoms with Gasteiger partial charge in [0, 0.05) is 23.3 Å². The minimum atomic E-state index is -0.644. The van der Waals surface area contributed by atoms with Gasteiger partial charge in [-0.1, -0.05) is 6.07 Å². The van der Waals surface area contributed by atoms with Crippen LogP contribution in [0.5, 0.6) is 5.75 Å². The Hall–Kier alpha value is -3.53. The summed E-state index contributed by atoms with van der Waals surface area (Å²) in [6.45, 7) is 0. The van der Waals surface area contributed by atoms with Crippen LogP contribution in [-0.4, -0.2) is 29.0 Å². The van der Waals surface area contributed by atoms with Gasteiger partial charge in [0.1, 0.15) is 5.75 Å². The lowest BCUT2D eigenvalue weighted by atomic mass is 10.2. The minimum absolute atomic E-state index is 0.0657. The molecule has 0 saturated heterocycles. The first-order valence-corrected chi connectivity index (χ1v) is 7.61. The van der Waals surface area contributed by atoms with E-state index in [4.69, 9.17) is 17.0 Å². The third-order valence-corrected chi connectivity index (χ3v) is 3.39. The number of hydrogen-bond donors (Lipinski definition) is 3. The molecule has 2 aromatic rings. The number of non-ortho nitro benzene ring substituents is 1. The Morgan fingerprint density at radius 2 is 1.73 bits per heavy atom. The van der Waals surface area contributed by atoms with Crippen LogP contribution in [0.25, 0.3) is 0 Å². The first kappa shape index (κ1) is 18.8. The molecule has 26 heavy (non-hydrogen) atoms. The number of amides is 2. The van der Waals surface area contributed by atoms with Gasteiger partial charge in [-0.2, -0.15) is 0 Å². The Balaban J connectivity index is 1.89. The maximum Gasteiger partial charge on any atom is 0.270 e. The Bertz CT molecular complexity index is 854. The molecule has 0 atom stereocenters. The zero-order valence-electron chi connectivity index (χ0n) is 13.5. The number of ether oxygens (including phenoxy) is 1. The van der Waals surface area contributed by atoms with Crippen molar-refractivity contribution in [1.82, 2.24) is 16.2 Å². The number of methoxy groups -OCH3 is 1. The molecular formula is C16H14N4O5S. The average Bonchev–Trinajstić information content (AvgIpc) is 2.66. The second-order valence-electron chi connectivity index (χ2n) is 4.90. The van der Waals surface area contributed by atoms with Crippen molar-refractivity contribution in [3.05, 3.63) is 69.8 Å².